The molecule has 0 amide bonds. The minimum atomic E-state index is -0.417. The van der Waals surface area contributed by atoms with Gasteiger partial charge in [-0.1, -0.05) is 19.1 Å². The smallest absolute Gasteiger partial charge is 0.271 e. The van der Waals surface area contributed by atoms with E-state index in [1.54, 1.807) is 0 Å². The molecule has 1 aliphatic heterocycles. The number of hydrogen-bond donors (Lipinski definition) is 0. The molecule has 12 heavy (non-hydrogen) atoms. The van der Waals surface area contributed by atoms with E-state index < -0.39 is 6.48 Å². The van der Waals surface area contributed by atoms with Crippen LogP contribution in [0.1, 0.15) is 19.8 Å². The van der Waals surface area contributed by atoms with Crippen LogP contribution in [0.2, 0.25) is 0 Å². The topological polar surface area (TPSA) is 27.7 Å². The lowest BCUT2D eigenvalue weighted by Gasteiger charge is -2.08. The molecule has 1 saturated heterocycles. The van der Waals surface area contributed by atoms with Gasteiger partial charge >= 0.3 is 0 Å². The molecular formula is C9H16O3. The quantitative estimate of drug-likeness (QED) is 0.466. The van der Waals surface area contributed by atoms with Crippen molar-refractivity contribution in [3.8, 4) is 0 Å². The van der Waals surface area contributed by atoms with E-state index >= 15 is 0 Å². The van der Waals surface area contributed by atoms with Gasteiger partial charge in [0, 0.05) is 0 Å². The summed E-state index contributed by atoms with van der Waals surface area (Å²) in [6, 6.07) is 0. The van der Waals surface area contributed by atoms with Gasteiger partial charge in [0.2, 0.25) is 0 Å². The van der Waals surface area contributed by atoms with Crippen molar-refractivity contribution in [1.82, 2.24) is 0 Å². The van der Waals surface area contributed by atoms with Crippen molar-refractivity contribution < 1.29 is 14.2 Å². The van der Waals surface area contributed by atoms with Gasteiger partial charge < -0.3 is 14.2 Å². The summed E-state index contributed by atoms with van der Waals surface area (Å²) >= 11 is 0. The largest absolute Gasteiger partial charge is 0.330 e. The van der Waals surface area contributed by atoms with Crippen molar-refractivity contribution >= 4 is 0 Å². The minimum absolute atomic E-state index is 0.417. The normalized spacial score (nSPS) is 19.4. The van der Waals surface area contributed by atoms with E-state index in [-0.39, 0.29) is 0 Å². The average molecular weight is 172 g/mol. The molecule has 0 aromatic heterocycles. The Hall–Kier alpha value is -0.380. The second kappa shape index (κ2) is 6.17. The van der Waals surface area contributed by atoms with Crippen LogP contribution in [0.15, 0.2) is 12.2 Å². The van der Waals surface area contributed by atoms with E-state index in [0.717, 1.165) is 12.8 Å². The maximum absolute atomic E-state index is 5.25. The molecule has 0 unspecified atom stereocenters. The average Bonchev–Trinajstić information content (AvgIpc) is 2.57. The van der Waals surface area contributed by atoms with E-state index in [2.05, 4.69) is 19.1 Å². The summed E-state index contributed by atoms with van der Waals surface area (Å²) in [7, 11) is 0. The second-order valence-electron chi connectivity index (χ2n) is 2.57. The standard InChI is InChI=1S/C9H16O3/c1-2-3-4-5-6-10-9-11-7-8-12-9/h3-4,9H,2,5-8H2,1H3. The van der Waals surface area contributed by atoms with Gasteiger partial charge in [-0.05, 0) is 12.8 Å². The molecule has 1 fully saturated rings. The van der Waals surface area contributed by atoms with Crippen LogP contribution >= 0.6 is 0 Å². The van der Waals surface area contributed by atoms with Gasteiger partial charge in [0.1, 0.15) is 0 Å². The van der Waals surface area contributed by atoms with Crippen molar-refractivity contribution in [2.24, 2.45) is 0 Å². The summed E-state index contributed by atoms with van der Waals surface area (Å²) in [4.78, 5) is 0. The molecule has 0 bridgehead atoms. The predicted octanol–water partition coefficient (Wildman–Crippen LogP) is 1.69. The van der Waals surface area contributed by atoms with Gasteiger partial charge in [0.05, 0.1) is 19.8 Å². The Morgan fingerprint density at radius 2 is 2.08 bits per heavy atom. The van der Waals surface area contributed by atoms with Crippen LogP contribution in [0.3, 0.4) is 0 Å². The van der Waals surface area contributed by atoms with Crippen molar-refractivity contribution in [1.29, 1.82) is 0 Å². The van der Waals surface area contributed by atoms with Gasteiger partial charge in [-0.25, -0.2) is 0 Å². The minimum Gasteiger partial charge on any atom is -0.330 e. The van der Waals surface area contributed by atoms with Crippen LogP contribution in [0.5, 0.6) is 0 Å². The first kappa shape index (κ1) is 9.71. The molecule has 70 valence electrons. The Morgan fingerprint density at radius 3 is 2.75 bits per heavy atom. The van der Waals surface area contributed by atoms with E-state index in [1.165, 1.54) is 0 Å². The van der Waals surface area contributed by atoms with Crippen molar-refractivity contribution in [2.45, 2.75) is 26.2 Å². The summed E-state index contributed by atoms with van der Waals surface area (Å²) in [5, 5.41) is 0. The fraction of sp³-hybridized carbons (Fsp3) is 0.778. The van der Waals surface area contributed by atoms with Crippen LogP contribution in [0, 0.1) is 0 Å². The number of allylic oxidation sites excluding steroid dienone is 1. The zero-order valence-electron chi connectivity index (χ0n) is 7.49. The molecule has 0 spiro atoms. The SMILES string of the molecule is CCC=CCCOC1OCCO1. The summed E-state index contributed by atoms with van der Waals surface area (Å²) in [6.45, 7) is 3.66. The van der Waals surface area contributed by atoms with Crippen LogP contribution < -0.4 is 0 Å². The maximum atomic E-state index is 5.25. The maximum Gasteiger partial charge on any atom is 0.271 e. The lowest BCUT2D eigenvalue weighted by Crippen LogP contribution is -2.13. The molecule has 0 aromatic rings. The first-order chi connectivity index (χ1) is 5.93. The van der Waals surface area contributed by atoms with E-state index in [1.807, 2.05) is 0 Å². The third kappa shape index (κ3) is 3.85. The van der Waals surface area contributed by atoms with Crippen molar-refractivity contribution in [2.75, 3.05) is 19.8 Å². The molecule has 3 nitrogen and oxygen atoms in total. The number of rotatable bonds is 5. The molecule has 1 aliphatic rings. The Kier molecular flexibility index (Phi) is 4.99. The lowest BCUT2D eigenvalue weighted by atomic mass is 10.3. The number of hydrogen-bond acceptors (Lipinski definition) is 3. The Balaban J connectivity index is 1.91. The van der Waals surface area contributed by atoms with E-state index in [4.69, 9.17) is 14.2 Å². The Bertz CT molecular complexity index is 128. The molecule has 0 saturated carbocycles. The molecule has 0 aliphatic carbocycles. The predicted molar refractivity (Wildman–Crippen MR) is 45.7 cm³/mol. The third-order valence-corrected chi connectivity index (χ3v) is 1.53. The lowest BCUT2D eigenvalue weighted by molar-refractivity contribution is -0.228. The zero-order chi connectivity index (χ0) is 8.65. The summed E-state index contributed by atoms with van der Waals surface area (Å²) in [5.41, 5.74) is 0. The summed E-state index contributed by atoms with van der Waals surface area (Å²) in [5.74, 6) is 0. The zero-order valence-corrected chi connectivity index (χ0v) is 7.49. The van der Waals surface area contributed by atoms with Gasteiger partial charge in [0.15, 0.2) is 0 Å². The van der Waals surface area contributed by atoms with Gasteiger partial charge in [-0.3, -0.25) is 0 Å². The molecule has 0 N–H and O–H groups in total. The molecule has 0 atom stereocenters. The summed E-state index contributed by atoms with van der Waals surface area (Å²) < 4.78 is 15.4. The highest BCUT2D eigenvalue weighted by molar-refractivity contribution is 4.79. The molecule has 0 radical (unpaired) electrons. The van der Waals surface area contributed by atoms with Crippen molar-refractivity contribution in [3.63, 3.8) is 0 Å². The summed E-state index contributed by atoms with van der Waals surface area (Å²) in [6.07, 6.45) is 6.24. The first-order valence-electron chi connectivity index (χ1n) is 4.43. The van der Waals surface area contributed by atoms with E-state index in [9.17, 15) is 0 Å². The first-order valence-corrected chi connectivity index (χ1v) is 4.43. The third-order valence-electron chi connectivity index (χ3n) is 1.53. The van der Waals surface area contributed by atoms with Gasteiger partial charge in [-0.15, -0.1) is 0 Å². The Labute approximate surface area is 73.3 Å². The number of ether oxygens (including phenoxy) is 3. The van der Waals surface area contributed by atoms with E-state index in [0.29, 0.717) is 19.8 Å². The monoisotopic (exact) mass is 172 g/mol. The van der Waals surface area contributed by atoms with Crippen molar-refractivity contribution in [3.05, 3.63) is 12.2 Å². The van der Waals surface area contributed by atoms with Crippen LogP contribution in [-0.4, -0.2) is 26.3 Å². The molecule has 1 rings (SSSR count). The fourth-order valence-corrected chi connectivity index (χ4v) is 0.950. The van der Waals surface area contributed by atoms with Gasteiger partial charge in [0.25, 0.3) is 6.48 Å². The van der Waals surface area contributed by atoms with Crippen LogP contribution in [-0.2, 0) is 14.2 Å². The highest BCUT2D eigenvalue weighted by Gasteiger charge is 2.14. The fourth-order valence-electron chi connectivity index (χ4n) is 0.950. The molecule has 3 heteroatoms. The highest BCUT2D eigenvalue weighted by Crippen LogP contribution is 2.05. The Morgan fingerprint density at radius 1 is 1.33 bits per heavy atom. The molecule has 0 aromatic carbocycles. The molecular weight excluding hydrogens is 156 g/mol. The highest BCUT2D eigenvalue weighted by atomic mass is 16.9. The van der Waals surface area contributed by atoms with Gasteiger partial charge in [-0.2, -0.15) is 0 Å². The second-order valence-corrected chi connectivity index (χ2v) is 2.57. The molecule has 1 heterocycles. The van der Waals surface area contributed by atoms with Crippen LogP contribution in [0.4, 0.5) is 0 Å². The van der Waals surface area contributed by atoms with Crippen LogP contribution in [0.25, 0.3) is 0 Å².